The van der Waals surface area contributed by atoms with Gasteiger partial charge in [0, 0.05) is 12.5 Å². The molecular formula is C10H21F5Si2. The molecule has 0 N–H and O–H groups in total. The summed E-state index contributed by atoms with van der Waals surface area (Å²) in [5.74, 6) is 0. The van der Waals surface area contributed by atoms with Gasteiger partial charge in [0.25, 0.3) is 0 Å². The van der Waals surface area contributed by atoms with E-state index in [1.807, 2.05) is 6.92 Å². The van der Waals surface area contributed by atoms with Crippen LogP contribution in [0.3, 0.4) is 0 Å². The molecule has 0 aromatic heterocycles. The maximum atomic E-state index is 13.2. The van der Waals surface area contributed by atoms with Crippen molar-refractivity contribution >= 4 is 18.6 Å². The third-order valence-electron chi connectivity index (χ3n) is 2.65. The number of hydrogen-bond acceptors (Lipinski definition) is 0. The van der Waals surface area contributed by atoms with Gasteiger partial charge < -0.3 is 0 Å². The van der Waals surface area contributed by atoms with Gasteiger partial charge in [-0.15, -0.1) is 0 Å². The van der Waals surface area contributed by atoms with Gasteiger partial charge in [0.15, 0.2) is 0 Å². The monoisotopic (exact) mass is 292 g/mol. The van der Waals surface area contributed by atoms with Crippen molar-refractivity contribution < 1.29 is 21.1 Å². The van der Waals surface area contributed by atoms with Gasteiger partial charge in [-0.1, -0.05) is 38.7 Å². The summed E-state index contributed by atoms with van der Waals surface area (Å²) in [6.07, 6.45) is 4.06. The van der Waals surface area contributed by atoms with Crippen LogP contribution in [0.5, 0.6) is 0 Å². The van der Waals surface area contributed by atoms with Crippen LogP contribution < -0.4 is 0 Å². The van der Waals surface area contributed by atoms with Crippen LogP contribution >= 0.6 is 0 Å². The predicted molar refractivity (Wildman–Crippen MR) is 65.6 cm³/mol. The third-order valence-corrected chi connectivity index (χ3v) is 6.07. The fraction of sp³-hybridized carbons (Fsp3) is 1.00. The summed E-state index contributed by atoms with van der Waals surface area (Å²) in [5.41, 5.74) is -2.77. The van der Waals surface area contributed by atoms with Crippen molar-refractivity contribution in [1.29, 1.82) is 0 Å². The lowest BCUT2D eigenvalue weighted by molar-refractivity contribution is 0.0772. The lowest BCUT2D eigenvalue weighted by Gasteiger charge is -2.15. The lowest BCUT2D eigenvalue weighted by atomic mass is 10.1. The Bertz CT molecular complexity index is 194. The standard InChI is InChI=1S/C10H21F5Si2/c1-2-3-4-5-6-7-10(11,12)16-8-9-17(13,14)15/h2-9,16H2,1H3. The Morgan fingerprint density at radius 3 is 2.12 bits per heavy atom. The first-order valence-electron chi connectivity index (χ1n) is 6.21. The zero-order valence-electron chi connectivity index (χ0n) is 10.3. The van der Waals surface area contributed by atoms with Crippen molar-refractivity contribution in [2.45, 2.75) is 63.1 Å². The molecular weight excluding hydrogens is 271 g/mol. The number of hydrogen-bond donors (Lipinski definition) is 0. The fourth-order valence-electron chi connectivity index (χ4n) is 1.66. The highest BCUT2D eigenvalue weighted by Crippen LogP contribution is 2.25. The molecule has 0 spiro atoms. The minimum atomic E-state index is -5.60. The van der Waals surface area contributed by atoms with E-state index in [1.165, 1.54) is 0 Å². The Kier molecular flexibility index (Phi) is 8.27. The highest BCUT2D eigenvalue weighted by Gasteiger charge is 2.38. The van der Waals surface area contributed by atoms with Crippen LogP contribution in [0.15, 0.2) is 0 Å². The van der Waals surface area contributed by atoms with Gasteiger partial charge in [0.2, 0.25) is 5.55 Å². The second-order valence-corrected chi connectivity index (χ2v) is 8.46. The maximum Gasteiger partial charge on any atom is 0.615 e. The molecule has 0 fully saturated rings. The average Bonchev–Trinajstić information content (AvgIpc) is 2.14. The first-order valence-corrected chi connectivity index (χ1v) is 9.76. The topological polar surface area (TPSA) is 0 Å². The summed E-state index contributed by atoms with van der Waals surface area (Å²) in [5, 5.41) is 0. The molecule has 17 heavy (non-hydrogen) atoms. The van der Waals surface area contributed by atoms with Crippen LogP contribution in [0.4, 0.5) is 21.1 Å². The van der Waals surface area contributed by atoms with Gasteiger partial charge >= 0.3 is 9.08 Å². The largest absolute Gasteiger partial charge is 0.615 e. The Hall–Kier alpha value is 0.0838. The Morgan fingerprint density at radius 1 is 1.00 bits per heavy atom. The van der Waals surface area contributed by atoms with Crippen molar-refractivity contribution in [2.75, 3.05) is 0 Å². The fourth-order valence-corrected chi connectivity index (χ4v) is 4.99. The number of alkyl halides is 2. The molecule has 0 heterocycles. The molecule has 0 aliphatic heterocycles. The maximum absolute atomic E-state index is 13.2. The molecule has 0 aromatic rings. The summed E-state index contributed by atoms with van der Waals surface area (Å²) in [6.45, 7) is 2.04. The van der Waals surface area contributed by atoms with E-state index in [9.17, 15) is 21.1 Å². The van der Waals surface area contributed by atoms with Crippen LogP contribution in [0.1, 0.15) is 45.4 Å². The Balaban J connectivity index is 3.58. The van der Waals surface area contributed by atoms with E-state index in [2.05, 4.69) is 0 Å². The average molecular weight is 292 g/mol. The first-order chi connectivity index (χ1) is 7.77. The molecule has 0 aliphatic rings. The third kappa shape index (κ3) is 12.3. The minimum Gasteiger partial charge on any atom is -0.238 e. The highest BCUT2D eigenvalue weighted by atomic mass is 28.5. The minimum absolute atomic E-state index is 0.206. The summed E-state index contributed by atoms with van der Waals surface area (Å²) in [4.78, 5) is 0. The molecule has 0 bridgehead atoms. The van der Waals surface area contributed by atoms with E-state index in [0.717, 1.165) is 25.7 Å². The number of rotatable bonds is 10. The molecule has 0 unspecified atom stereocenters. The van der Waals surface area contributed by atoms with Gasteiger partial charge in [-0.3, -0.25) is 0 Å². The summed E-state index contributed by atoms with van der Waals surface area (Å²) in [7, 11) is -7.50. The van der Waals surface area contributed by atoms with Gasteiger partial charge in [-0.25, -0.2) is 21.1 Å². The van der Waals surface area contributed by atoms with Gasteiger partial charge in [0.05, 0.1) is 0 Å². The zero-order valence-corrected chi connectivity index (χ0v) is 12.7. The van der Waals surface area contributed by atoms with Crippen molar-refractivity contribution in [2.24, 2.45) is 0 Å². The van der Waals surface area contributed by atoms with E-state index in [0.29, 0.717) is 6.42 Å². The molecule has 0 nitrogen and oxygen atoms in total. The van der Waals surface area contributed by atoms with Crippen molar-refractivity contribution in [3.05, 3.63) is 0 Å². The van der Waals surface area contributed by atoms with Gasteiger partial charge in [0.1, 0.15) is 9.52 Å². The second-order valence-electron chi connectivity index (χ2n) is 4.49. The van der Waals surface area contributed by atoms with E-state index in [-0.39, 0.29) is 12.5 Å². The Morgan fingerprint density at radius 2 is 1.59 bits per heavy atom. The predicted octanol–water partition coefficient (Wildman–Crippen LogP) is 4.37. The molecule has 0 saturated carbocycles. The van der Waals surface area contributed by atoms with Crippen molar-refractivity contribution in [3.8, 4) is 0 Å². The Labute approximate surface area is 103 Å². The van der Waals surface area contributed by atoms with Gasteiger partial charge in [-0.2, -0.15) is 0 Å². The van der Waals surface area contributed by atoms with Crippen LogP contribution in [0, 0.1) is 0 Å². The summed E-state index contributed by atoms with van der Waals surface area (Å²) >= 11 is 0. The van der Waals surface area contributed by atoms with E-state index >= 15 is 0 Å². The number of halogens is 5. The molecule has 0 radical (unpaired) electrons. The molecule has 0 rings (SSSR count). The molecule has 0 aliphatic carbocycles. The molecule has 104 valence electrons. The summed E-state index contributed by atoms with van der Waals surface area (Å²) < 4.78 is 62.3. The molecule has 7 heteroatoms. The second kappa shape index (κ2) is 8.23. The van der Waals surface area contributed by atoms with Crippen LogP contribution in [0.2, 0.25) is 12.1 Å². The summed E-state index contributed by atoms with van der Waals surface area (Å²) in [6, 6.07) is -1.19. The van der Waals surface area contributed by atoms with Gasteiger partial charge in [-0.05, 0) is 6.42 Å². The normalized spacial score (nSPS) is 13.8. The first kappa shape index (κ1) is 17.1. The van der Waals surface area contributed by atoms with Crippen LogP contribution in [-0.2, 0) is 0 Å². The molecule has 0 amide bonds. The van der Waals surface area contributed by atoms with Crippen LogP contribution in [0.25, 0.3) is 0 Å². The molecule has 0 saturated heterocycles. The molecule has 0 aromatic carbocycles. The highest BCUT2D eigenvalue weighted by molar-refractivity contribution is 6.60. The van der Waals surface area contributed by atoms with E-state index in [4.69, 9.17) is 0 Å². The smallest absolute Gasteiger partial charge is 0.238 e. The van der Waals surface area contributed by atoms with E-state index in [1.54, 1.807) is 0 Å². The molecule has 0 atom stereocenters. The van der Waals surface area contributed by atoms with E-state index < -0.39 is 30.2 Å². The number of unbranched alkanes of at least 4 members (excludes halogenated alkanes) is 4. The van der Waals surface area contributed by atoms with Crippen molar-refractivity contribution in [3.63, 3.8) is 0 Å². The SMILES string of the molecule is CCCCCCCC(F)(F)[SiH2]CC[Si](F)(F)F. The quantitative estimate of drug-likeness (QED) is 0.243. The van der Waals surface area contributed by atoms with Crippen LogP contribution in [-0.4, -0.2) is 24.1 Å². The zero-order chi connectivity index (χ0) is 13.4. The lowest BCUT2D eigenvalue weighted by Crippen LogP contribution is -2.27. The van der Waals surface area contributed by atoms with Crippen molar-refractivity contribution in [1.82, 2.24) is 0 Å².